The number of fused-ring (bicyclic) bond motifs is 1. The Kier molecular flexibility index (Phi) is 8.86. The van der Waals surface area contributed by atoms with E-state index >= 15 is 0 Å². The van der Waals surface area contributed by atoms with Gasteiger partial charge in [0, 0.05) is 43.2 Å². The first kappa shape index (κ1) is 27.8. The van der Waals surface area contributed by atoms with Crippen molar-refractivity contribution in [2.75, 3.05) is 13.2 Å². The van der Waals surface area contributed by atoms with E-state index in [4.69, 9.17) is 9.72 Å². The summed E-state index contributed by atoms with van der Waals surface area (Å²) in [5.74, 6) is 2.91. The zero-order chi connectivity index (χ0) is 28.0. The van der Waals surface area contributed by atoms with Gasteiger partial charge in [-0.2, -0.15) is 0 Å². The lowest BCUT2D eigenvalue weighted by Crippen LogP contribution is -2.34. The van der Waals surface area contributed by atoms with E-state index in [0.29, 0.717) is 0 Å². The van der Waals surface area contributed by atoms with E-state index in [9.17, 15) is 0 Å². The number of benzene rings is 3. The van der Waals surface area contributed by atoms with Crippen LogP contribution in [0.4, 0.5) is 0 Å². The molecule has 1 aliphatic carbocycles. The van der Waals surface area contributed by atoms with Crippen molar-refractivity contribution in [3.05, 3.63) is 95.7 Å². The van der Waals surface area contributed by atoms with E-state index in [1.165, 1.54) is 60.1 Å². The normalized spacial score (nSPS) is 16.1. The molecular formula is C37H45N3O. The fourth-order valence-corrected chi connectivity index (χ4v) is 6.83. The Morgan fingerprint density at radius 1 is 0.927 bits per heavy atom. The highest BCUT2D eigenvalue weighted by Crippen LogP contribution is 2.38. The van der Waals surface area contributed by atoms with Gasteiger partial charge in [0.2, 0.25) is 0 Å². The third-order valence-corrected chi connectivity index (χ3v) is 9.13. The molecule has 2 aliphatic rings. The molecule has 4 nitrogen and oxygen atoms in total. The molecule has 0 spiro atoms. The third-order valence-electron chi connectivity index (χ3n) is 9.13. The number of imidazole rings is 1. The Balaban J connectivity index is 1.44. The molecule has 3 aromatic carbocycles. The smallest absolute Gasteiger partial charge is 0.140 e. The zero-order valence-electron chi connectivity index (χ0n) is 24.9. The number of aromatic nitrogens is 2. The largest absolute Gasteiger partial charge is 0.493 e. The number of hydrogen-bond donors (Lipinski definition) is 0. The molecule has 1 atom stereocenters. The van der Waals surface area contributed by atoms with Crippen LogP contribution in [-0.2, 0) is 19.5 Å². The summed E-state index contributed by atoms with van der Waals surface area (Å²) in [7, 11) is 0. The van der Waals surface area contributed by atoms with E-state index in [0.717, 1.165) is 68.7 Å². The number of ether oxygens (including phenoxy) is 1. The molecule has 214 valence electrons. The van der Waals surface area contributed by atoms with Gasteiger partial charge in [-0.25, -0.2) is 4.98 Å². The molecule has 0 saturated heterocycles. The van der Waals surface area contributed by atoms with Crippen molar-refractivity contribution in [1.29, 1.82) is 0 Å². The van der Waals surface area contributed by atoms with Crippen molar-refractivity contribution < 1.29 is 4.74 Å². The zero-order valence-corrected chi connectivity index (χ0v) is 24.9. The molecule has 2 heterocycles. The van der Waals surface area contributed by atoms with Crippen LogP contribution in [0.5, 0.6) is 5.75 Å². The molecule has 41 heavy (non-hydrogen) atoms. The minimum Gasteiger partial charge on any atom is -0.493 e. The van der Waals surface area contributed by atoms with Crippen LogP contribution in [0.3, 0.4) is 0 Å². The van der Waals surface area contributed by atoms with Crippen LogP contribution in [0.25, 0.3) is 22.6 Å². The second kappa shape index (κ2) is 13.1. The van der Waals surface area contributed by atoms with Gasteiger partial charge in [-0.3, -0.25) is 4.90 Å². The number of nitrogens with zero attached hydrogens (tertiary/aromatic N) is 3. The molecule has 4 heteroatoms. The standard InChI is InChI=1S/C37H45N3O/c1-3-4-23-40-36(35(32-16-10-6-11-17-32)38-37(40)33-18-12-7-13-19-33)28(2)39(26-29-14-8-5-9-15-29)27-30-20-21-31-22-24-41-34(31)25-30/h6-7,10-13,16-21,25,28-29H,3-5,8-9,14-15,22-24,26-27H2,1-2H3/t28-/m1/s1. The lowest BCUT2D eigenvalue weighted by atomic mass is 9.88. The molecule has 0 unspecified atom stereocenters. The van der Waals surface area contributed by atoms with Crippen molar-refractivity contribution in [1.82, 2.24) is 14.5 Å². The topological polar surface area (TPSA) is 30.3 Å². The predicted octanol–water partition coefficient (Wildman–Crippen LogP) is 9.10. The van der Waals surface area contributed by atoms with Gasteiger partial charge < -0.3 is 9.30 Å². The molecular weight excluding hydrogens is 502 g/mol. The van der Waals surface area contributed by atoms with Crippen LogP contribution < -0.4 is 4.74 Å². The SMILES string of the molecule is CCCCn1c(-c2ccccc2)nc(-c2ccccc2)c1[C@@H](C)N(Cc1ccc2c(c1)OCC2)CC1CCCCC1. The van der Waals surface area contributed by atoms with Gasteiger partial charge in [0.1, 0.15) is 11.6 Å². The summed E-state index contributed by atoms with van der Waals surface area (Å²) in [5, 5.41) is 0. The first-order valence-corrected chi connectivity index (χ1v) is 15.9. The van der Waals surface area contributed by atoms with Crippen LogP contribution >= 0.6 is 0 Å². The Hall–Kier alpha value is -3.37. The fraction of sp³-hybridized carbons (Fsp3) is 0.432. The fourth-order valence-electron chi connectivity index (χ4n) is 6.83. The molecule has 0 bridgehead atoms. The maximum atomic E-state index is 5.98. The highest BCUT2D eigenvalue weighted by atomic mass is 16.5. The monoisotopic (exact) mass is 547 g/mol. The molecule has 1 fully saturated rings. The summed E-state index contributed by atoms with van der Waals surface area (Å²) < 4.78 is 8.52. The average molecular weight is 548 g/mol. The molecule has 0 N–H and O–H groups in total. The molecule has 0 radical (unpaired) electrons. The quantitative estimate of drug-likeness (QED) is 0.188. The molecule has 0 amide bonds. The van der Waals surface area contributed by atoms with E-state index in [1.807, 2.05) is 0 Å². The summed E-state index contributed by atoms with van der Waals surface area (Å²) in [5.41, 5.74) is 7.55. The Labute approximate surface area is 246 Å². The number of unbranched alkanes of at least 4 members (excludes halogenated alkanes) is 1. The summed E-state index contributed by atoms with van der Waals surface area (Å²) in [6.07, 6.45) is 10.1. The second-order valence-electron chi connectivity index (χ2n) is 12.1. The van der Waals surface area contributed by atoms with Crippen molar-refractivity contribution in [3.8, 4) is 28.4 Å². The lowest BCUT2D eigenvalue weighted by molar-refractivity contribution is 0.145. The molecule has 4 aromatic rings. The Morgan fingerprint density at radius 2 is 1.66 bits per heavy atom. The van der Waals surface area contributed by atoms with Crippen molar-refractivity contribution in [2.24, 2.45) is 5.92 Å². The van der Waals surface area contributed by atoms with E-state index in [2.05, 4.69) is 102 Å². The molecule has 1 aliphatic heterocycles. The van der Waals surface area contributed by atoms with Crippen LogP contribution in [-0.4, -0.2) is 27.6 Å². The van der Waals surface area contributed by atoms with Gasteiger partial charge in [-0.05, 0) is 49.3 Å². The van der Waals surface area contributed by atoms with Gasteiger partial charge in [-0.15, -0.1) is 0 Å². The molecule has 6 rings (SSSR count). The predicted molar refractivity (Wildman–Crippen MR) is 169 cm³/mol. The maximum absolute atomic E-state index is 5.98. The first-order chi connectivity index (χ1) is 20.2. The highest BCUT2D eigenvalue weighted by Gasteiger charge is 2.29. The maximum Gasteiger partial charge on any atom is 0.140 e. The van der Waals surface area contributed by atoms with Gasteiger partial charge in [0.15, 0.2) is 0 Å². The molecule has 1 saturated carbocycles. The Morgan fingerprint density at radius 3 is 2.39 bits per heavy atom. The van der Waals surface area contributed by atoms with Gasteiger partial charge >= 0.3 is 0 Å². The minimum atomic E-state index is 0.211. The van der Waals surface area contributed by atoms with Crippen molar-refractivity contribution >= 4 is 0 Å². The van der Waals surface area contributed by atoms with Crippen LogP contribution in [0, 0.1) is 5.92 Å². The second-order valence-corrected chi connectivity index (χ2v) is 12.1. The summed E-state index contributed by atoms with van der Waals surface area (Å²) in [6, 6.07) is 28.7. The number of hydrogen-bond acceptors (Lipinski definition) is 3. The van der Waals surface area contributed by atoms with E-state index in [1.54, 1.807) is 0 Å². The number of rotatable bonds is 11. The van der Waals surface area contributed by atoms with Crippen LogP contribution in [0.1, 0.15) is 81.7 Å². The summed E-state index contributed by atoms with van der Waals surface area (Å²) in [6.45, 7) is 8.53. The lowest BCUT2D eigenvalue weighted by Gasteiger charge is -2.35. The summed E-state index contributed by atoms with van der Waals surface area (Å²) in [4.78, 5) is 8.17. The third kappa shape index (κ3) is 6.28. The summed E-state index contributed by atoms with van der Waals surface area (Å²) >= 11 is 0. The Bertz CT molecular complexity index is 1410. The minimum absolute atomic E-state index is 0.211. The van der Waals surface area contributed by atoms with Crippen LogP contribution in [0.15, 0.2) is 78.9 Å². The van der Waals surface area contributed by atoms with Gasteiger partial charge in [0.25, 0.3) is 0 Å². The van der Waals surface area contributed by atoms with E-state index < -0.39 is 0 Å². The van der Waals surface area contributed by atoms with Crippen LogP contribution in [0.2, 0.25) is 0 Å². The van der Waals surface area contributed by atoms with Gasteiger partial charge in [-0.1, -0.05) is 105 Å². The van der Waals surface area contributed by atoms with E-state index in [-0.39, 0.29) is 6.04 Å². The van der Waals surface area contributed by atoms with Crippen molar-refractivity contribution in [2.45, 2.75) is 84.3 Å². The average Bonchev–Trinajstić information content (AvgIpc) is 3.65. The van der Waals surface area contributed by atoms with Gasteiger partial charge in [0.05, 0.1) is 18.0 Å². The highest BCUT2D eigenvalue weighted by molar-refractivity contribution is 5.69. The van der Waals surface area contributed by atoms with Crippen molar-refractivity contribution in [3.63, 3.8) is 0 Å². The molecule has 1 aromatic heterocycles. The first-order valence-electron chi connectivity index (χ1n) is 15.9.